The quantitative estimate of drug-likeness (QED) is 0.573. The summed E-state index contributed by atoms with van der Waals surface area (Å²) >= 11 is 0. The lowest BCUT2D eigenvalue weighted by Crippen LogP contribution is -2.55. The molecule has 1 unspecified atom stereocenters. The van der Waals surface area contributed by atoms with Crippen molar-refractivity contribution in [3.05, 3.63) is 0 Å². The molecule has 0 aromatic heterocycles. The summed E-state index contributed by atoms with van der Waals surface area (Å²) in [6.45, 7) is 12.3. The summed E-state index contributed by atoms with van der Waals surface area (Å²) in [6.07, 6.45) is 3.03. The molecule has 3 aliphatic carbocycles. The topological polar surface area (TPSA) is 0 Å². The van der Waals surface area contributed by atoms with E-state index in [-0.39, 0.29) is 0 Å². The van der Waals surface area contributed by atoms with Crippen LogP contribution in [0.4, 0.5) is 0 Å². The van der Waals surface area contributed by atoms with Gasteiger partial charge in [0.25, 0.3) is 0 Å². The number of fused-ring (bicyclic) bond motifs is 2. The van der Waals surface area contributed by atoms with Crippen molar-refractivity contribution in [3.8, 4) is 0 Å². The molecule has 3 saturated carbocycles. The molecule has 3 rings (SSSR count). The smallest absolute Gasteiger partial charge is 0.0295 e. The Balaban J connectivity index is 2.12. The van der Waals surface area contributed by atoms with Crippen molar-refractivity contribution in [2.45, 2.75) is 47.5 Å². The van der Waals surface area contributed by atoms with Gasteiger partial charge < -0.3 is 0 Å². The predicted octanol–water partition coefficient (Wildman–Crippen LogP) is 3.96. The van der Waals surface area contributed by atoms with Gasteiger partial charge in [0.05, 0.1) is 0 Å². The normalized spacial score (nSPS) is 47.5. The molecular weight excluding hydrogens is 156 g/mol. The highest BCUT2D eigenvalue weighted by Crippen LogP contribution is 2.63. The van der Waals surface area contributed by atoms with Crippen molar-refractivity contribution in [1.29, 1.82) is 0 Å². The first-order valence-electron chi connectivity index (χ1n) is 5.94. The molecule has 0 aromatic rings. The molecule has 0 radical (unpaired) electrons. The average molecular weight is 180 g/mol. The molecule has 0 aliphatic heterocycles. The fourth-order valence-corrected chi connectivity index (χ4v) is 4.07. The van der Waals surface area contributed by atoms with Gasteiger partial charge in [-0.1, -0.05) is 34.6 Å². The van der Waals surface area contributed by atoms with Crippen LogP contribution in [0.1, 0.15) is 47.5 Å². The zero-order valence-corrected chi connectivity index (χ0v) is 9.80. The molecule has 0 saturated heterocycles. The maximum atomic E-state index is 2.49. The maximum Gasteiger partial charge on any atom is -0.0295 e. The maximum absolute atomic E-state index is 2.49. The molecule has 13 heavy (non-hydrogen) atoms. The second-order valence-corrected chi connectivity index (χ2v) is 6.36. The Labute approximate surface area is 83.1 Å². The lowest BCUT2D eigenvalue weighted by atomic mass is 9.42. The van der Waals surface area contributed by atoms with E-state index in [4.69, 9.17) is 0 Å². The summed E-state index contributed by atoms with van der Waals surface area (Å²) in [7, 11) is 0. The summed E-state index contributed by atoms with van der Waals surface area (Å²) in [5, 5.41) is 0. The van der Waals surface area contributed by atoms with Gasteiger partial charge in [-0.05, 0) is 47.8 Å². The van der Waals surface area contributed by atoms with Gasteiger partial charge in [0.2, 0.25) is 0 Å². The van der Waals surface area contributed by atoms with E-state index in [1.807, 2.05) is 0 Å². The summed E-state index contributed by atoms with van der Waals surface area (Å²) < 4.78 is 0. The summed E-state index contributed by atoms with van der Waals surface area (Å²) in [6, 6.07) is 0. The molecule has 0 heterocycles. The van der Waals surface area contributed by atoms with Crippen LogP contribution in [0, 0.1) is 35.0 Å². The second kappa shape index (κ2) is 2.74. The molecule has 0 N–H and O–H groups in total. The Morgan fingerprint density at radius 3 is 2.15 bits per heavy atom. The van der Waals surface area contributed by atoms with Crippen LogP contribution in [-0.4, -0.2) is 0 Å². The molecule has 0 spiro atoms. The van der Waals surface area contributed by atoms with Crippen LogP contribution in [0.5, 0.6) is 0 Å². The highest BCUT2D eigenvalue weighted by atomic mass is 14.6. The Bertz CT molecular complexity index is 200. The number of hydrogen-bond donors (Lipinski definition) is 0. The predicted molar refractivity (Wildman–Crippen MR) is 57.5 cm³/mol. The van der Waals surface area contributed by atoms with Gasteiger partial charge in [0.1, 0.15) is 0 Å². The molecule has 76 valence electrons. The van der Waals surface area contributed by atoms with E-state index in [0.29, 0.717) is 5.41 Å². The van der Waals surface area contributed by atoms with Gasteiger partial charge in [-0.3, -0.25) is 0 Å². The van der Waals surface area contributed by atoms with E-state index >= 15 is 0 Å². The highest BCUT2D eigenvalue weighted by molar-refractivity contribution is 5.05. The standard InChI is InChI=1S/C13H24/c1-8(2)11-6-10-7-12(9(11)3)13(10,4)5/h8-12H,6-7H2,1-5H3/t9-,10+,11?,12+/m1/s1. The zero-order chi connectivity index (χ0) is 9.80. The van der Waals surface area contributed by atoms with E-state index < -0.39 is 0 Å². The third-order valence-corrected chi connectivity index (χ3v) is 5.27. The van der Waals surface area contributed by atoms with Crippen LogP contribution in [0.2, 0.25) is 0 Å². The molecule has 3 fully saturated rings. The molecule has 0 nitrogen and oxygen atoms in total. The van der Waals surface area contributed by atoms with E-state index in [1.165, 1.54) is 12.8 Å². The third-order valence-electron chi connectivity index (χ3n) is 5.27. The van der Waals surface area contributed by atoms with Crippen LogP contribution >= 0.6 is 0 Å². The zero-order valence-electron chi connectivity index (χ0n) is 9.80. The minimum absolute atomic E-state index is 0.671. The van der Waals surface area contributed by atoms with Crippen molar-refractivity contribution < 1.29 is 0 Å². The van der Waals surface area contributed by atoms with E-state index in [9.17, 15) is 0 Å². The molecule has 0 aromatic carbocycles. The van der Waals surface area contributed by atoms with Gasteiger partial charge in [-0.15, -0.1) is 0 Å². The Morgan fingerprint density at radius 1 is 1.15 bits per heavy atom. The fraction of sp³-hybridized carbons (Fsp3) is 1.00. The second-order valence-electron chi connectivity index (χ2n) is 6.36. The number of hydrogen-bond acceptors (Lipinski definition) is 0. The molecule has 0 amide bonds. The van der Waals surface area contributed by atoms with Gasteiger partial charge in [0, 0.05) is 0 Å². The van der Waals surface area contributed by atoms with E-state index in [0.717, 1.165) is 29.6 Å². The first-order valence-corrected chi connectivity index (χ1v) is 5.94. The van der Waals surface area contributed by atoms with E-state index in [1.54, 1.807) is 0 Å². The minimum Gasteiger partial charge on any atom is -0.0625 e. The highest BCUT2D eigenvalue weighted by Gasteiger charge is 2.56. The summed E-state index contributed by atoms with van der Waals surface area (Å²) in [4.78, 5) is 0. The summed E-state index contributed by atoms with van der Waals surface area (Å²) in [5.74, 6) is 4.95. The lowest BCUT2D eigenvalue weighted by molar-refractivity contribution is -0.137. The van der Waals surface area contributed by atoms with Gasteiger partial charge in [-0.2, -0.15) is 0 Å². The van der Waals surface area contributed by atoms with Crippen LogP contribution in [0.3, 0.4) is 0 Å². The Kier molecular flexibility index (Phi) is 2.02. The van der Waals surface area contributed by atoms with Crippen molar-refractivity contribution >= 4 is 0 Å². The van der Waals surface area contributed by atoms with Gasteiger partial charge >= 0.3 is 0 Å². The van der Waals surface area contributed by atoms with Crippen molar-refractivity contribution in [2.24, 2.45) is 35.0 Å². The van der Waals surface area contributed by atoms with Crippen LogP contribution < -0.4 is 0 Å². The monoisotopic (exact) mass is 180 g/mol. The third kappa shape index (κ3) is 1.17. The van der Waals surface area contributed by atoms with E-state index in [2.05, 4.69) is 34.6 Å². The van der Waals surface area contributed by atoms with Crippen molar-refractivity contribution in [1.82, 2.24) is 0 Å². The van der Waals surface area contributed by atoms with Gasteiger partial charge in [0.15, 0.2) is 0 Å². The summed E-state index contributed by atoms with van der Waals surface area (Å²) in [5.41, 5.74) is 0.671. The Hall–Kier alpha value is 0. The first-order chi connectivity index (χ1) is 5.94. The SMILES string of the molecule is CC(C)C1C[C@H]2C[C@@H]([C@@H]1C)C2(C)C. The van der Waals surface area contributed by atoms with Crippen LogP contribution in [0.15, 0.2) is 0 Å². The molecule has 4 atom stereocenters. The van der Waals surface area contributed by atoms with Crippen LogP contribution in [0.25, 0.3) is 0 Å². The molecule has 2 bridgehead atoms. The fourth-order valence-electron chi connectivity index (χ4n) is 4.07. The van der Waals surface area contributed by atoms with Crippen molar-refractivity contribution in [3.63, 3.8) is 0 Å². The molecule has 0 heteroatoms. The largest absolute Gasteiger partial charge is 0.0625 e. The lowest BCUT2D eigenvalue weighted by Gasteiger charge is -2.63. The molecular formula is C13H24. The minimum atomic E-state index is 0.671. The van der Waals surface area contributed by atoms with Crippen LogP contribution in [-0.2, 0) is 0 Å². The molecule has 3 aliphatic rings. The van der Waals surface area contributed by atoms with Crippen molar-refractivity contribution in [2.75, 3.05) is 0 Å². The average Bonchev–Trinajstić information content (AvgIpc) is 2.02. The first kappa shape index (κ1) is 9.55. The number of rotatable bonds is 1. The Morgan fingerprint density at radius 2 is 1.77 bits per heavy atom. The van der Waals surface area contributed by atoms with Gasteiger partial charge in [-0.25, -0.2) is 0 Å².